The first-order valence-corrected chi connectivity index (χ1v) is 7.46. The molecule has 0 aromatic heterocycles. The van der Waals surface area contributed by atoms with Crippen molar-refractivity contribution < 1.29 is 9.63 Å². The van der Waals surface area contributed by atoms with Crippen LogP contribution in [0.1, 0.15) is 18.4 Å². The molecule has 6 heteroatoms. The maximum absolute atomic E-state index is 12.3. The number of carbonyl (C=O) groups excluding carboxylic acids is 1. The first-order valence-electron chi connectivity index (χ1n) is 6.06. The van der Waals surface area contributed by atoms with E-state index < -0.39 is 0 Å². The molecule has 0 fully saturated rings. The number of hydrogen-bond donors (Lipinski definition) is 1. The van der Waals surface area contributed by atoms with Crippen molar-refractivity contribution >= 4 is 39.9 Å². The molecule has 1 aliphatic heterocycles. The third kappa shape index (κ3) is 2.91. The Morgan fingerprint density at radius 2 is 2.26 bits per heavy atom. The van der Waals surface area contributed by atoms with Crippen LogP contribution < -0.4 is 10.4 Å². The van der Waals surface area contributed by atoms with E-state index in [9.17, 15) is 4.79 Å². The maximum Gasteiger partial charge on any atom is 0.260 e. The number of hydrogen-bond acceptors (Lipinski definition) is 4. The van der Waals surface area contributed by atoms with Crippen molar-refractivity contribution in [3.8, 4) is 0 Å². The molecular weight excluding hydrogens is 280 g/mol. The minimum atomic E-state index is -0.244. The summed E-state index contributed by atoms with van der Waals surface area (Å²) in [6.07, 6.45) is 0. The van der Waals surface area contributed by atoms with E-state index in [1.165, 1.54) is 12.2 Å². The molecule has 1 amide bonds. The number of rotatable bonds is 4. The number of nitrogens with zero attached hydrogens (tertiary/aromatic N) is 1. The van der Waals surface area contributed by atoms with Crippen LogP contribution in [0.5, 0.6) is 0 Å². The van der Waals surface area contributed by atoms with Crippen LogP contribution in [0.25, 0.3) is 0 Å². The highest BCUT2D eigenvalue weighted by molar-refractivity contribution is 8.22. The molecule has 4 nitrogen and oxygen atoms in total. The van der Waals surface area contributed by atoms with Gasteiger partial charge in [-0.05, 0) is 17.4 Å². The fraction of sp³-hybridized carbons (Fsp3) is 0.385. The summed E-state index contributed by atoms with van der Waals surface area (Å²) in [5.74, 6) is 0.623. The number of thioether (sulfide) groups is 1. The number of amides is 1. The molecule has 1 N–H and O–H groups in total. The SMILES string of the molecule is CCSC(=S)NCC1C(=O)N(OC)c2ccccc21. The quantitative estimate of drug-likeness (QED) is 0.864. The van der Waals surface area contributed by atoms with Crippen LogP contribution in [0.15, 0.2) is 24.3 Å². The van der Waals surface area contributed by atoms with Gasteiger partial charge in [-0.25, -0.2) is 0 Å². The van der Waals surface area contributed by atoms with Gasteiger partial charge in [0.05, 0.1) is 18.7 Å². The van der Waals surface area contributed by atoms with Crippen molar-refractivity contribution in [3.63, 3.8) is 0 Å². The number of carbonyl (C=O) groups is 1. The summed E-state index contributed by atoms with van der Waals surface area (Å²) in [4.78, 5) is 17.4. The van der Waals surface area contributed by atoms with Crippen LogP contribution >= 0.6 is 24.0 Å². The number of hydroxylamine groups is 1. The van der Waals surface area contributed by atoms with Gasteiger partial charge in [0.2, 0.25) is 0 Å². The van der Waals surface area contributed by atoms with Crippen molar-refractivity contribution in [2.24, 2.45) is 0 Å². The van der Waals surface area contributed by atoms with E-state index in [0.29, 0.717) is 6.54 Å². The molecule has 0 radical (unpaired) electrons. The number of anilines is 1. The predicted molar refractivity (Wildman–Crippen MR) is 82.4 cm³/mol. The second-order valence-electron chi connectivity index (χ2n) is 4.03. The largest absolute Gasteiger partial charge is 0.370 e. The third-order valence-electron chi connectivity index (χ3n) is 2.94. The Balaban J connectivity index is 2.13. The van der Waals surface area contributed by atoms with Gasteiger partial charge in [-0.2, -0.15) is 5.06 Å². The lowest BCUT2D eigenvalue weighted by Gasteiger charge is -2.14. The molecule has 0 aliphatic carbocycles. The molecule has 1 aromatic carbocycles. The number of nitrogens with one attached hydrogen (secondary N) is 1. The monoisotopic (exact) mass is 296 g/mol. The maximum atomic E-state index is 12.3. The summed E-state index contributed by atoms with van der Waals surface area (Å²) >= 11 is 6.75. The van der Waals surface area contributed by atoms with E-state index >= 15 is 0 Å². The van der Waals surface area contributed by atoms with Crippen molar-refractivity contribution in [1.82, 2.24) is 5.32 Å². The lowest BCUT2D eigenvalue weighted by molar-refractivity contribution is -0.125. The summed E-state index contributed by atoms with van der Waals surface area (Å²) in [6.45, 7) is 2.54. The summed E-state index contributed by atoms with van der Waals surface area (Å²) in [5, 5.41) is 4.48. The topological polar surface area (TPSA) is 41.6 Å². The van der Waals surface area contributed by atoms with E-state index in [0.717, 1.165) is 21.3 Å². The van der Waals surface area contributed by atoms with Gasteiger partial charge in [-0.15, -0.1) is 0 Å². The normalized spacial score (nSPS) is 17.5. The van der Waals surface area contributed by atoms with Gasteiger partial charge in [-0.3, -0.25) is 9.63 Å². The van der Waals surface area contributed by atoms with E-state index in [-0.39, 0.29) is 11.8 Å². The van der Waals surface area contributed by atoms with Crippen molar-refractivity contribution in [1.29, 1.82) is 0 Å². The summed E-state index contributed by atoms with van der Waals surface area (Å²) in [6, 6.07) is 7.66. The average Bonchev–Trinajstić information content (AvgIpc) is 2.68. The zero-order valence-electron chi connectivity index (χ0n) is 10.9. The Morgan fingerprint density at radius 1 is 1.53 bits per heavy atom. The molecule has 0 saturated carbocycles. The summed E-state index contributed by atoms with van der Waals surface area (Å²) in [5.41, 5.74) is 1.79. The van der Waals surface area contributed by atoms with Crippen LogP contribution in [0.2, 0.25) is 0 Å². The van der Waals surface area contributed by atoms with Gasteiger partial charge in [-0.1, -0.05) is 49.1 Å². The minimum absolute atomic E-state index is 0.0551. The van der Waals surface area contributed by atoms with Gasteiger partial charge in [0, 0.05) is 6.54 Å². The molecule has 1 aliphatic rings. The first-order chi connectivity index (χ1) is 9.19. The van der Waals surface area contributed by atoms with Gasteiger partial charge in [0.15, 0.2) is 0 Å². The second-order valence-corrected chi connectivity index (χ2v) is 5.97. The highest BCUT2D eigenvalue weighted by Gasteiger charge is 2.37. The van der Waals surface area contributed by atoms with E-state index in [1.54, 1.807) is 11.8 Å². The fourth-order valence-corrected chi connectivity index (χ4v) is 3.00. The zero-order chi connectivity index (χ0) is 13.8. The molecule has 0 saturated heterocycles. The molecule has 1 atom stereocenters. The molecular formula is C13H16N2O2S2. The van der Waals surface area contributed by atoms with Crippen LogP contribution in [-0.2, 0) is 9.63 Å². The Bertz CT molecular complexity index is 493. The molecule has 0 spiro atoms. The van der Waals surface area contributed by atoms with Crippen LogP contribution in [0.4, 0.5) is 5.69 Å². The Hall–Kier alpha value is -1.11. The number of para-hydroxylation sites is 1. The molecule has 1 aromatic rings. The lowest BCUT2D eigenvalue weighted by Crippen LogP contribution is -2.33. The fourth-order valence-electron chi connectivity index (χ4n) is 2.11. The minimum Gasteiger partial charge on any atom is -0.370 e. The highest BCUT2D eigenvalue weighted by atomic mass is 32.2. The Morgan fingerprint density at radius 3 is 2.95 bits per heavy atom. The molecule has 19 heavy (non-hydrogen) atoms. The molecule has 2 rings (SSSR count). The highest BCUT2D eigenvalue weighted by Crippen LogP contribution is 2.36. The van der Waals surface area contributed by atoms with Crippen molar-refractivity contribution in [2.45, 2.75) is 12.8 Å². The Labute approximate surface area is 122 Å². The van der Waals surface area contributed by atoms with Crippen LogP contribution in [0, 0.1) is 0 Å². The molecule has 1 unspecified atom stereocenters. The third-order valence-corrected chi connectivity index (χ3v) is 4.13. The molecule has 102 valence electrons. The van der Waals surface area contributed by atoms with Gasteiger partial charge in [0.1, 0.15) is 4.32 Å². The van der Waals surface area contributed by atoms with Crippen molar-refractivity contribution in [2.75, 3.05) is 24.5 Å². The number of benzene rings is 1. The first kappa shape index (κ1) is 14.3. The average molecular weight is 296 g/mol. The smallest absolute Gasteiger partial charge is 0.260 e. The number of thiocarbonyl (C=S) groups is 1. The lowest BCUT2D eigenvalue weighted by atomic mass is 10.0. The molecule has 1 heterocycles. The van der Waals surface area contributed by atoms with Crippen LogP contribution in [0.3, 0.4) is 0 Å². The standard InChI is InChI=1S/C13H16N2O2S2/c1-3-19-13(18)14-8-10-9-6-4-5-7-11(9)15(17-2)12(10)16/h4-7,10H,3,8H2,1-2H3,(H,14,18). The van der Waals surface area contributed by atoms with Crippen molar-refractivity contribution in [3.05, 3.63) is 29.8 Å². The Kier molecular flexibility index (Phi) is 4.79. The number of fused-ring (bicyclic) bond motifs is 1. The molecule has 0 bridgehead atoms. The summed E-state index contributed by atoms with van der Waals surface area (Å²) < 4.78 is 0.726. The van der Waals surface area contributed by atoms with E-state index in [4.69, 9.17) is 17.1 Å². The zero-order valence-corrected chi connectivity index (χ0v) is 12.5. The van der Waals surface area contributed by atoms with E-state index in [1.807, 2.05) is 31.2 Å². The van der Waals surface area contributed by atoms with Gasteiger partial charge in [0.25, 0.3) is 5.91 Å². The van der Waals surface area contributed by atoms with Crippen LogP contribution in [-0.4, -0.2) is 29.6 Å². The van der Waals surface area contributed by atoms with Gasteiger partial charge < -0.3 is 5.32 Å². The summed E-state index contributed by atoms with van der Waals surface area (Å²) in [7, 11) is 1.50. The second kappa shape index (κ2) is 6.36. The van der Waals surface area contributed by atoms with Gasteiger partial charge >= 0.3 is 0 Å². The van der Waals surface area contributed by atoms with E-state index in [2.05, 4.69) is 5.32 Å². The predicted octanol–water partition coefficient (Wildman–Crippen LogP) is 2.31.